The van der Waals surface area contributed by atoms with Gasteiger partial charge in [0.1, 0.15) is 29.9 Å². The lowest BCUT2D eigenvalue weighted by molar-refractivity contribution is -0.0976. The second-order valence-corrected chi connectivity index (χ2v) is 14.0. The average Bonchev–Trinajstić information content (AvgIpc) is 3.53. The number of hydrogen-bond donors (Lipinski definition) is 2. The zero-order valence-corrected chi connectivity index (χ0v) is 31.1. The molecule has 0 bridgehead atoms. The van der Waals surface area contributed by atoms with E-state index >= 15 is 0 Å². The van der Waals surface area contributed by atoms with Crippen molar-refractivity contribution in [1.29, 1.82) is 0 Å². The molecule has 1 fully saturated rings. The van der Waals surface area contributed by atoms with Crippen LogP contribution in [0.25, 0.3) is 0 Å². The van der Waals surface area contributed by atoms with Crippen LogP contribution in [-0.4, -0.2) is 76.6 Å². The van der Waals surface area contributed by atoms with Crippen molar-refractivity contribution in [2.45, 2.75) is 71.0 Å². The summed E-state index contributed by atoms with van der Waals surface area (Å²) >= 11 is 0. The highest BCUT2D eigenvalue weighted by Crippen LogP contribution is 2.47. The highest BCUT2D eigenvalue weighted by Gasteiger charge is 2.52. The van der Waals surface area contributed by atoms with Crippen LogP contribution in [0.1, 0.15) is 69.5 Å². The predicted molar refractivity (Wildman–Crippen MR) is 203 cm³/mol. The molecule has 52 heavy (non-hydrogen) atoms. The third kappa shape index (κ3) is 8.23. The number of aliphatic imine (C=N–C) groups is 1. The van der Waals surface area contributed by atoms with Crippen molar-refractivity contribution < 1.29 is 24.4 Å². The molecule has 0 radical (unpaired) electrons. The second kappa shape index (κ2) is 17.0. The predicted octanol–water partition coefficient (Wildman–Crippen LogP) is 5.95. The SMILES string of the molecule is CC#Cc1cn([C@H]2C[C@H](O)[C@@H](C(O)C(c3ccccc3)(c3ccc(OC)cc3)c3ccc(OC)cc3)O2)c(=O)nc1N=CN(CC(C)C)CC(C)C. The molecule has 10 heteroatoms. The van der Waals surface area contributed by atoms with Crippen LogP contribution in [-0.2, 0) is 10.2 Å². The fraction of sp³-hybridized carbons (Fsp3) is 0.405. The number of methoxy groups -OCH3 is 2. The molecule has 1 aliphatic rings. The summed E-state index contributed by atoms with van der Waals surface area (Å²) < 4.78 is 18.8. The first-order valence-electron chi connectivity index (χ1n) is 17.7. The lowest BCUT2D eigenvalue weighted by atomic mass is 9.64. The van der Waals surface area contributed by atoms with E-state index in [-0.39, 0.29) is 12.2 Å². The number of aliphatic hydroxyl groups is 2. The van der Waals surface area contributed by atoms with Crippen molar-refractivity contribution in [1.82, 2.24) is 14.5 Å². The van der Waals surface area contributed by atoms with Crippen molar-refractivity contribution in [2.24, 2.45) is 16.8 Å². The summed E-state index contributed by atoms with van der Waals surface area (Å²) in [6.45, 7) is 11.9. The molecule has 2 heterocycles. The number of aromatic nitrogens is 2. The van der Waals surface area contributed by atoms with Gasteiger partial charge in [-0.05, 0) is 59.7 Å². The number of nitrogens with zero attached hydrogens (tertiary/aromatic N) is 4. The van der Waals surface area contributed by atoms with Gasteiger partial charge < -0.3 is 29.3 Å². The Balaban J connectivity index is 1.57. The van der Waals surface area contributed by atoms with Gasteiger partial charge in [-0.1, -0.05) is 88.2 Å². The van der Waals surface area contributed by atoms with E-state index in [2.05, 4.69) is 54.4 Å². The third-order valence-corrected chi connectivity index (χ3v) is 9.26. The third-order valence-electron chi connectivity index (χ3n) is 9.26. The maximum absolute atomic E-state index is 13.6. The highest BCUT2D eigenvalue weighted by atomic mass is 16.5. The van der Waals surface area contributed by atoms with E-state index in [4.69, 9.17) is 14.2 Å². The van der Waals surface area contributed by atoms with Gasteiger partial charge in [-0.3, -0.25) is 4.57 Å². The van der Waals surface area contributed by atoms with Crippen LogP contribution in [0.15, 0.2) is 94.8 Å². The number of hydrogen-bond acceptors (Lipinski definition) is 8. The fourth-order valence-electron chi connectivity index (χ4n) is 7.03. The van der Waals surface area contributed by atoms with E-state index in [1.165, 1.54) is 4.57 Å². The van der Waals surface area contributed by atoms with Gasteiger partial charge in [0, 0.05) is 25.7 Å². The van der Waals surface area contributed by atoms with Crippen LogP contribution in [0, 0.1) is 23.7 Å². The van der Waals surface area contributed by atoms with Crippen LogP contribution in [0.3, 0.4) is 0 Å². The summed E-state index contributed by atoms with van der Waals surface area (Å²) in [5.74, 6) is 8.30. The molecule has 0 saturated carbocycles. The molecule has 1 unspecified atom stereocenters. The van der Waals surface area contributed by atoms with Crippen LogP contribution in [0.4, 0.5) is 5.82 Å². The molecule has 1 saturated heterocycles. The molecule has 274 valence electrons. The van der Waals surface area contributed by atoms with Crippen molar-refractivity contribution >= 4 is 12.2 Å². The molecular weight excluding hydrogens is 656 g/mol. The Labute approximate surface area is 306 Å². The number of aliphatic hydroxyl groups excluding tert-OH is 2. The maximum atomic E-state index is 13.6. The number of rotatable bonds is 14. The standard InChI is InChI=1S/C42H50N4O6/c1-8-12-30-26-46(41(49)44-40(30)43-27-45(24-28(2)3)25-29(4)5)37-23-36(47)38(52-37)39(48)42(31-13-10-9-11-14-31,32-15-19-34(50-6)20-16-32)33-17-21-35(51-7)22-18-33/h9-11,13-22,26-29,36-39,47-48H,23-25H2,1-7H3/t36-,37+,38-,39?/m0/s1. The summed E-state index contributed by atoms with van der Waals surface area (Å²) in [4.78, 5) is 24.7. The van der Waals surface area contributed by atoms with Gasteiger partial charge in [-0.15, -0.1) is 5.92 Å². The van der Waals surface area contributed by atoms with Crippen molar-refractivity contribution in [3.8, 4) is 23.3 Å². The van der Waals surface area contributed by atoms with E-state index in [0.29, 0.717) is 28.9 Å². The molecular formula is C42H50N4O6. The Morgan fingerprint density at radius 1 is 0.942 bits per heavy atom. The van der Waals surface area contributed by atoms with E-state index in [9.17, 15) is 15.0 Å². The van der Waals surface area contributed by atoms with Crippen molar-refractivity contribution in [3.63, 3.8) is 0 Å². The van der Waals surface area contributed by atoms with Gasteiger partial charge in [0.25, 0.3) is 0 Å². The fourth-order valence-corrected chi connectivity index (χ4v) is 7.03. The molecule has 10 nitrogen and oxygen atoms in total. The highest BCUT2D eigenvalue weighted by molar-refractivity contribution is 5.63. The topological polar surface area (TPSA) is 119 Å². The summed E-state index contributed by atoms with van der Waals surface area (Å²) in [5.41, 5.74) is 0.912. The molecule has 4 aromatic rings. The summed E-state index contributed by atoms with van der Waals surface area (Å²) in [6.07, 6.45) is -1.15. The zero-order chi connectivity index (χ0) is 37.4. The van der Waals surface area contributed by atoms with Crippen molar-refractivity contribution in [3.05, 3.63) is 118 Å². The summed E-state index contributed by atoms with van der Waals surface area (Å²) in [5, 5.41) is 24.4. The smallest absolute Gasteiger partial charge is 0.351 e. The molecule has 0 amide bonds. The lowest BCUT2D eigenvalue weighted by Crippen LogP contribution is -2.51. The van der Waals surface area contributed by atoms with Crippen molar-refractivity contribution in [2.75, 3.05) is 27.3 Å². The quantitative estimate of drug-likeness (QED) is 0.0716. The maximum Gasteiger partial charge on any atom is 0.351 e. The van der Waals surface area contributed by atoms with Gasteiger partial charge in [-0.2, -0.15) is 4.98 Å². The minimum Gasteiger partial charge on any atom is -0.497 e. The number of benzene rings is 3. The minimum atomic E-state index is -1.33. The molecule has 0 spiro atoms. The minimum absolute atomic E-state index is 0.0393. The van der Waals surface area contributed by atoms with Gasteiger partial charge >= 0.3 is 5.69 Å². The lowest BCUT2D eigenvalue weighted by Gasteiger charge is -2.43. The molecule has 3 aromatic carbocycles. The van der Waals surface area contributed by atoms with Gasteiger partial charge in [0.2, 0.25) is 0 Å². The van der Waals surface area contributed by atoms with E-state index in [0.717, 1.165) is 29.8 Å². The van der Waals surface area contributed by atoms with Crippen LogP contribution < -0.4 is 15.2 Å². The molecule has 5 rings (SSSR count). The Morgan fingerprint density at radius 2 is 1.48 bits per heavy atom. The Hall–Kier alpha value is -4.95. The normalized spacial score (nSPS) is 18.0. The molecule has 1 aliphatic heterocycles. The van der Waals surface area contributed by atoms with Gasteiger partial charge in [0.05, 0.1) is 37.6 Å². The average molecular weight is 707 g/mol. The van der Waals surface area contributed by atoms with E-state index in [1.54, 1.807) is 33.7 Å². The van der Waals surface area contributed by atoms with Crippen LogP contribution in [0.2, 0.25) is 0 Å². The summed E-state index contributed by atoms with van der Waals surface area (Å²) in [7, 11) is 3.20. The Morgan fingerprint density at radius 3 is 1.98 bits per heavy atom. The van der Waals surface area contributed by atoms with Gasteiger partial charge in [-0.25, -0.2) is 9.79 Å². The van der Waals surface area contributed by atoms with E-state index < -0.39 is 35.6 Å². The first kappa shape index (κ1) is 38.3. The molecule has 0 aliphatic carbocycles. The monoisotopic (exact) mass is 706 g/mol. The zero-order valence-electron chi connectivity index (χ0n) is 31.1. The van der Waals surface area contributed by atoms with Crippen LogP contribution >= 0.6 is 0 Å². The van der Waals surface area contributed by atoms with E-state index in [1.807, 2.05) is 78.9 Å². The largest absolute Gasteiger partial charge is 0.497 e. The first-order valence-corrected chi connectivity index (χ1v) is 17.7. The molecule has 2 N–H and O–H groups in total. The molecule has 4 atom stereocenters. The summed E-state index contributed by atoms with van der Waals surface area (Å²) in [6, 6.07) is 24.6. The van der Waals surface area contributed by atoms with Gasteiger partial charge in [0.15, 0.2) is 5.82 Å². The first-order chi connectivity index (χ1) is 25.0. The number of ether oxygens (including phenoxy) is 3. The van der Waals surface area contributed by atoms with Crippen LogP contribution in [0.5, 0.6) is 11.5 Å². The Bertz CT molecular complexity index is 1860. The Kier molecular flexibility index (Phi) is 12.5. The second-order valence-electron chi connectivity index (χ2n) is 14.0. The molecule has 1 aromatic heterocycles.